The number of nitrogens with zero attached hydrogens (tertiary/aromatic N) is 2. The lowest BCUT2D eigenvalue weighted by Crippen LogP contribution is -2.42. The molecule has 1 N–H and O–H groups in total. The maximum absolute atomic E-state index is 11.9. The number of hydrogen-bond donors (Lipinski definition) is 1. The molecule has 1 heterocycles. The fourth-order valence-corrected chi connectivity index (χ4v) is 2.47. The van der Waals surface area contributed by atoms with Crippen LogP contribution < -0.4 is 0 Å². The van der Waals surface area contributed by atoms with E-state index in [2.05, 4.69) is 25.8 Å². The highest BCUT2D eigenvalue weighted by Crippen LogP contribution is 2.19. The van der Waals surface area contributed by atoms with Gasteiger partial charge in [-0.1, -0.05) is 0 Å². The molecule has 4 heteroatoms. The largest absolute Gasteiger partial charge is 0.393 e. The molecule has 0 spiro atoms. The van der Waals surface area contributed by atoms with Crippen molar-refractivity contribution in [3.8, 4) is 0 Å². The van der Waals surface area contributed by atoms with E-state index in [1.807, 2.05) is 4.90 Å². The SMILES string of the molecule is CC(O)CCC(=O)N1CCC(CN(C)C(C)C)CC1. The van der Waals surface area contributed by atoms with Crippen LogP contribution in [0.25, 0.3) is 0 Å². The van der Waals surface area contributed by atoms with E-state index in [0.29, 0.717) is 24.8 Å². The van der Waals surface area contributed by atoms with E-state index in [4.69, 9.17) is 0 Å². The third kappa shape index (κ3) is 5.91. The minimum Gasteiger partial charge on any atom is -0.393 e. The van der Waals surface area contributed by atoms with Gasteiger partial charge >= 0.3 is 0 Å². The van der Waals surface area contributed by atoms with Crippen LogP contribution in [0.15, 0.2) is 0 Å². The Morgan fingerprint density at radius 3 is 2.37 bits per heavy atom. The van der Waals surface area contributed by atoms with Crippen molar-refractivity contribution in [2.24, 2.45) is 5.92 Å². The van der Waals surface area contributed by atoms with E-state index >= 15 is 0 Å². The van der Waals surface area contributed by atoms with Crippen molar-refractivity contribution in [1.82, 2.24) is 9.80 Å². The summed E-state index contributed by atoms with van der Waals surface area (Å²) in [6, 6.07) is 0.589. The number of likely N-dealkylation sites (tertiary alicyclic amines) is 1. The van der Waals surface area contributed by atoms with Gasteiger partial charge in [-0.3, -0.25) is 4.79 Å². The number of carbonyl (C=O) groups excluding carboxylic acids is 1. The normalized spacial score (nSPS) is 19.2. The summed E-state index contributed by atoms with van der Waals surface area (Å²) < 4.78 is 0. The number of carbonyl (C=O) groups is 1. The van der Waals surface area contributed by atoms with Gasteiger partial charge in [0.25, 0.3) is 0 Å². The first-order valence-corrected chi connectivity index (χ1v) is 7.56. The first kappa shape index (κ1) is 16.4. The second kappa shape index (κ2) is 7.85. The topological polar surface area (TPSA) is 43.8 Å². The average Bonchev–Trinajstić information content (AvgIpc) is 2.36. The Morgan fingerprint density at radius 1 is 1.32 bits per heavy atom. The molecule has 1 saturated heterocycles. The fourth-order valence-electron chi connectivity index (χ4n) is 2.47. The van der Waals surface area contributed by atoms with Crippen molar-refractivity contribution in [3.63, 3.8) is 0 Å². The zero-order valence-electron chi connectivity index (χ0n) is 12.9. The van der Waals surface area contributed by atoms with Gasteiger partial charge in [-0.05, 0) is 53.0 Å². The van der Waals surface area contributed by atoms with Crippen molar-refractivity contribution in [2.45, 2.75) is 58.6 Å². The molecule has 1 fully saturated rings. The molecular weight excluding hydrogens is 240 g/mol. The average molecular weight is 270 g/mol. The monoisotopic (exact) mass is 270 g/mol. The van der Waals surface area contributed by atoms with Gasteiger partial charge in [-0.15, -0.1) is 0 Å². The zero-order chi connectivity index (χ0) is 14.4. The summed E-state index contributed by atoms with van der Waals surface area (Å²) in [7, 11) is 2.17. The molecule has 112 valence electrons. The van der Waals surface area contributed by atoms with Crippen molar-refractivity contribution in [2.75, 3.05) is 26.7 Å². The molecule has 0 aromatic heterocycles. The van der Waals surface area contributed by atoms with Crippen LogP contribution in [0.2, 0.25) is 0 Å². The summed E-state index contributed by atoms with van der Waals surface area (Å²) in [6.07, 6.45) is 2.90. The Balaban J connectivity index is 2.26. The van der Waals surface area contributed by atoms with Gasteiger partial charge in [0.2, 0.25) is 5.91 Å². The summed E-state index contributed by atoms with van der Waals surface area (Å²) >= 11 is 0. The van der Waals surface area contributed by atoms with E-state index in [-0.39, 0.29) is 12.0 Å². The molecule has 0 aromatic carbocycles. The molecule has 1 unspecified atom stereocenters. The molecule has 0 aliphatic carbocycles. The minimum absolute atomic E-state index is 0.205. The Bertz CT molecular complexity index is 271. The van der Waals surface area contributed by atoms with Crippen molar-refractivity contribution < 1.29 is 9.90 Å². The Hall–Kier alpha value is -0.610. The molecule has 1 aliphatic heterocycles. The van der Waals surface area contributed by atoms with Crippen LogP contribution in [0, 0.1) is 5.92 Å². The predicted octanol–water partition coefficient (Wildman–Crippen LogP) is 1.73. The molecule has 1 rings (SSSR count). The van der Waals surface area contributed by atoms with Crippen molar-refractivity contribution >= 4 is 5.91 Å². The molecular formula is C15H30N2O2. The van der Waals surface area contributed by atoms with E-state index in [9.17, 15) is 9.90 Å². The molecule has 0 aromatic rings. The Kier molecular flexibility index (Phi) is 6.80. The molecule has 1 atom stereocenters. The van der Waals surface area contributed by atoms with E-state index < -0.39 is 0 Å². The summed E-state index contributed by atoms with van der Waals surface area (Å²) in [5, 5.41) is 9.22. The van der Waals surface area contributed by atoms with Gasteiger partial charge in [0.1, 0.15) is 0 Å². The standard InChI is InChI=1S/C15H30N2O2/c1-12(2)16(4)11-14-7-9-17(10-8-14)15(19)6-5-13(3)18/h12-14,18H,5-11H2,1-4H3. The lowest BCUT2D eigenvalue weighted by Gasteiger charge is -2.35. The number of rotatable bonds is 6. The fraction of sp³-hybridized carbons (Fsp3) is 0.933. The maximum Gasteiger partial charge on any atom is 0.222 e. The maximum atomic E-state index is 11.9. The molecule has 4 nitrogen and oxygen atoms in total. The van der Waals surface area contributed by atoms with Gasteiger partial charge in [0.05, 0.1) is 6.10 Å². The Morgan fingerprint density at radius 2 is 1.89 bits per heavy atom. The minimum atomic E-state index is -0.374. The third-order valence-corrected chi connectivity index (χ3v) is 4.17. The molecule has 19 heavy (non-hydrogen) atoms. The highest BCUT2D eigenvalue weighted by Gasteiger charge is 2.23. The van der Waals surface area contributed by atoms with Gasteiger partial charge in [-0.2, -0.15) is 0 Å². The van der Waals surface area contributed by atoms with Crippen LogP contribution in [-0.4, -0.2) is 59.6 Å². The number of hydrogen-bond acceptors (Lipinski definition) is 3. The van der Waals surface area contributed by atoms with E-state index in [1.165, 1.54) is 0 Å². The smallest absolute Gasteiger partial charge is 0.222 e. The lowest BCUT2D eigenvalue weighted by molar-refractivity contribution is -0.133. The summed E-state index contributed by atoms with van der Waals surface area (Å²) in [4.78, 5) is 16.3. The van der Waals surface area contributed by atoms with Crippen LogP contribution in [0.1, 0.15) is 46.5 Å². The third-order valence-electron chi connectivity index (χ3n) is 4.17. The molecule has 1 amide bonds. The quantitative estimate of drug-likeness (QED) is 0.799. The van der Waals surface area contributed by atoms with Gasteiger partial charge in [0, 0.05) is 32.1 Å². The first-order valence-electron chi connectivity index (χ1n) is 7.56. The molecule has 0 radical (unpaired) electrons. The second-order valence-electron chi connectivity index (χ2n) is 6.25. The van der Waals surface area contributed by atoms with Crippen molar-refractivity contribution in [3.05, 3.63) is 0 Å². The summed E-state index contributed by atoms with van der Waals surface area (Å²) in [6.45, 7) is 9.07. The van der Waals surface area contributed by atoms with Gasteiger partial charge in [0.15, 0.2) is 0 Å². The van der Waals surface area contributed by atoms with Crippen LogP contribution in [0.4, 0.5) is 0 Å². The van der Waals surface area contributed by atoms with E-state index in [0.717, 1.165) is 32.5 Å². The zero-order valence-corrected chi connectivity index (χ0v) is 12.9. The predicted molar refractivity (Wildman–Crippen MR) is 78.0 cm³/mol. The number of aliphatic hydroxyl groups excluding tert-OH is 1. The second-order valence-corrected chi connectivity index (χ2v) is 6.25. The van der Waals surface area contributed by atoms with Crippen LogP contribution in [-0.2, 0) is 4.79 Å². The van der Waals surface area contributed by atoms with Gasteiger partial charge in [-0.25, -0.2) is 0 Å². The summed E-state index contributed by atoms with van der Waals surface area (Å²) in [5.41, 5.74) is 0. The van der Waals surface area contributed by atoms with Crippen LogP contribution in [0.3, 0.4) is 0 Å². The number of aliphatic hydroxyl groups is 1. The van der Waals surface area contributed by atoms with Crippen molar-refractivity contribution in [1.29, 1.82) is 0 Å². The number of amides is 1. The number of piperidine rings is 1. The lowest BCUT2D eigenvalue weighted by atomic mass is 9.95. The summed E-state index contributed by atoms with van der Waals surface area (Å²) in [5.74, 6) is 0.921. The van der Waals surface area contributed by atoms with Crippen LogP contribution in [0.5, 0.6) is 0 Å². The molecule has 1 aliphatic rings. The molecule has 0 bridgehead atoms. The Labute approximate surface area is 117 Å². The van der Waals surface area contributed by atoms with Crippen LogP contribution >= 0.6 is 0 Å². The first-order chi connectivity index (χ1) is 8.90. The highest BCUT2D eigenvalue weighted by molar-refractivity contribution is 5.76. The van der Waals surface area contributed by atoms with Gasteiger partial charge < -0.3 is 14.9 Å². The highest BCUT2D eigenvalue weighted by atomic mass is 16.3. The van der Waals surface area contributed by atoms with E-state index in [1.54, 1.807) is 6.92 Å². The molecule has 0 saturated carbocycles.